The molecule has 0 aliphatic carbocycles. The second kappa shape index (κ2) is 5.46. The Hall–Kier alpha value is -2.15. The molecule has 0 unspecified atom stereocenters. The molecule has 0 radical (unpaired) electrons. The number of cyclic esters (lactones) is 1. The topological polar surface area (TPSA) is 95.7 Å². The van der Waals surface area contributed by atoms with E-state index in [1.54, 1.807) is 6.92 Å². The minimum absolute atomic E-state index is 0.157. The number of nitro groups is 1. The van der Waals surface area contributed by atoms with Gasteiger partial charge in [-0.05, 0) is 19.1 Å². The predicted octanol–water partition coefficient (Wildman–Crippen LogP) is 2.11. The highest BCUT2D eigenvalue weighted by atomic mass is 35.5. The lowest BCUT2D eigenvalue weighted by Crippen LogP contribution is -2.23. The van der Waals surface area contributed by atoms with Crippen molar-refractivity contribution in [3.05, 3.63) is 38.9 Å². The molecule has 0 saturated carbocycles. The number of benzene rings is 1. The molecular formula is C12H10ClNO6. The van der Waals surface area contributed by atoms with E-state index in [4.69, 9.17) is 21.1 Å². The van der Waals surface area contributed by atoms with E-state index < -0.39 is 28.7 Å². The Bertz CT molecular complexity index is 587. The van der Waals surface area contributed by atoms with Crippen LogP contribution in [0, 0.1) is 10.1 Å². The first kappa shape index (κ1) is 14.3. The lowest BCUT2D eigenvalue weighted by Gasteiger charge is -2.08. The van der Waals surface area contributed by atoms with E-state index in [2.05, 4.69) is 0 Å². The molecule has 0 N–H and O–H groups in total. The molecule has 1 heterocycles. The first-order valence-electron chi connectivity index (χ1n) is 5.74. The molecule has 1 saturated heterocycles. The maximum atomic E-state index is 11.9. The van der Waals surface area contributed by atoms with Crippen LogP contribution in [0.2, 0.25) is 5.02 Å². The van der Waals surface area contributed by atoms with Gasteiger partial charge >= 0.3 is 11.9 Å². The molecule has 8 heteroatoms. The quantitative estimate of drug-likeness (QED) is 0.482. The minimum atomic E-state index is -1.05. The summed E-state index contributed by atoms with van der Waals surface area (Å²) in [5, 5.41) is 11.0. The van der Waals surface area contributed by atoms with Crippen molar-refractivity contribution in [3.63, 3.8) is 0 Å². The maximum absolute atomic E-state index is 11.9. The van der Waals surface area contributed by atoms with Crippen LogP contribution in [-0.4, -0.2) is 29.1 Å². The fourth-order valence-corrected chi connectivity index (χ4v) is 2.01. The molecule has 2 rings (SSSR count). The Morgan fingerprint density at radius 2 is 2.25 bits per heavy atom. The standard InChI is InChI=1S/C12H10ClNO6/c1-6-4-10(12(16)19-6)20-11(15)8-5-7(13)2-3-9(8)14(17)18/h2-3,5-6,10H,4H2,1H3/t6-,10-/m1/s1. The van der Waals surface area contributed by atoms with E-state index in [0.29, 0.717) is 0 Å². The fraction of sp³-hybridized carbons (Fsp3) is 0.333. The fourth-order valence-electron chi connectivity index (χ4n) is 1.84. The Morgan fingerprint density at radius 1 is 1.55 bits per heavy atom. The Kier molecular flexibility index (Phi) is 3.89. The third kappa shape index (κ3) is 2.88. The summed E-state index contributed by atoms with van der Waals surface area (Å²) in [7, 11) is 0. The van der Waals surface area contributed by atoms with Gasteiger partial charge in [-0.25, -0.2) is 9.59 Å². The first-order valence-corrected chi connectivity index (χ1v) is 6.11. The number of hydrogen-bond acceptors (Lipinski definition) is 6. The summed E-state index contributed by atoms with van der Waals surface area (Å²) in [4.78, 5) is 33.4. The number of rotatable bonds is 3. The van der Waals surface area contributed by atoms with Crippen LogP contribution in [0.1, 0.15) is 23.7 Å². The zero-order chi connectivity index (χ0) is 14.9. The van der Waals surface area contributed by atoms with Gasteiger partial charge in [0.1, 0.15) is 11.7 Å². The summed E-state index contributed by atoms with van der Waals surface area (Å²) >= 11 is 5.71. The number of carbonyl (C=O) groups excluding carboxylic acids is 2. The highest BCUT2D eigenvalue weighted by molar-refractivity contribution is 6.31. The second-order valence-corrected chi connectivity index (χ2v) is 4.73. The van der Waals surface area contributed by atoms with Crippen LogP contribution >= 0.6 is 11.6 Å². The van der Waals surface area contributed by atoms with Gasteiger partial charge in [0.05, 0.1) is 4.92 Å². The van der Waals surface area contributed by atoms with E-state index in [0.717, 1.165) is 12.1 Å². The molecule has 0 amide bonds. The first-order chi connectivity index (χ1) is 9.38. The van der Waals surface area contributed by atoms with Crippen molar-refractivity contribution in [3.8, 4) is 0 Å². The molecular weight excluding hydrogens is 290 g/mol. The van der Waals surface area contributed by atoms with Gasteiger partial charge in [-0.2, -0.15) is 0 Å². The van der Waals surface area contributed by atoms with Crippen LogP contribution in [-0.2, 0) is 14.3 Å². The third-order valence-electron chi connectivity index (χ3n) is 2.75. The molecule has 20 heavy (non-hydrogen) atoms. The summed E-state index contributed by atoms with van der Waals surface area (Å²) in [6, 6.07) is 3.53. The van der Waals surface area contributed by atoms with Gasteiger partial charge in [-0.3, -0.25) is 10.1 Å². The highest BCUT2D eigenvalue weighted by Crippen LogP contribution is 2.25. The van der Waals surface area contributed by atoms with Crippen molar-refractivity contribution in [2.45, 2.75) is 25.6 Å². The van der Waals surface area contributed by atoms with Crippen molar-refractivity contribution < 1.29 is 24.0 Å². The van der Waals surface area contributed by atoms with Gasteiger partial charge < -0.3 is 9.47 Å². The molecule has 0 spiro atoms. The molecule has 1 fully saturated rings. The molecule has 1 aromatic carbocycles. The van der Waals surface area contributed by atoms with Crippen LogP contribution < -0.4 is 0 Å². The van der Waals surface area contributed by atoms with E-state index in [9.17, 15) is 19.7 Å². The summed E-state index contributed by atoms with van der Waals surface area (Å²) in [5.41, 5.74) is -0.728. The summed E-state index contributed by atoms with van der Waals surface area (Å²) < 4.78 is 9.79. The number of halogens is 1. The lowest BCUT2D eigenvalue weighted by molar-refractivity contribution is -0.385. The van der Waals surface area contributed by atoms with Crippen molar-refractivity contribution >= 4 is 29.2 Å². The number of esters is 2. The summed E-state index contributed by atoms with van der Waals surface area (Å²) in [5.74, 6) is -1.63. The predicted molar refractivity (Wildman–Crippen MR) is 67.5 cm³/mol. The summed E-state index contributed by atoms with van der Waals surface area (Å²) in [6.45, 7) is 1.66. The number of hydrogen-bond donors (Lipinski definition) is 0. The van der Waals surface area contributed by atoms with Crippen molar-refractivity contribution in [2.24, 2.45) is 0 Å². The Labute approximate surface area is 118 Å². The number of nitrogens with zero attached hydrogens (tertiary/aromatic N) is 1. The molecule has 2 atom stereocenters. The van der Waals surface area contributed by atoms with Crippen LogP contribution in [0.15, 0.2) is 18.2 Å². The molecule has 7 nitrogen and oxygen atoms in total. The molecule has 106 valence electrons. The van der Waals surface area contributed by atoms with Crippen LogP contribution in [0.5, 0.6) is 0 Å². The van der Waals surface area contributed by atoms with Gasteiger partial charge in [0, 0.05) is 17.5 Å². The van der Waals surface area contributed by atoms with Crippen LogP contribution in [0.3, 0.4) is 0 Å². The molecule has 1 aromatic rings. The van der Waals surface area contributed by atoms with E-state index in [1.807, 2.05) is 0 Å². The van der Waals surface area contributed by atoms with Gasteiger partial charge in [-0.15, -0.1) is 0 Å². The van der Waals surface area contributed by atoms with E-state index in [1.165, 1.54) is 6.07 Å². The normalized spacial score (nSPS) is 21.4. The van der Waals surface area contributed by atoms with Crippen molar-refractivity contribution in [2.75, 3.05) is 0 Å². The van der Waals surface area contributed by atoms with Crippen molar-refractivity contribution in [1.29, 1.82) is 0 Å². The number of nitro benzene ring substituents is 1. The smallest absolute Gasteiger partial charge is 0.347 e. The largest absolute Gasteiger partial charge is 0.460 e. The molecule has 1 aliphatic heterocycles. The molecule has 0 bridgehead atoms. The van der Waals surface area contributed by atoms with Gasteiger partial charge in [0.15, 0.2) is 0 Å². The van der Waals surface area contributed by atoms with E-state index in [-0.39, 0.29) is 23.1 Å². The van der Waals surface area contributed by atoms with Gasteiger partial charge in [0.25, 0.3) is 5.69 Å². The number of carbonyl (C=O) groups is 2. The second-order valence-electron chi connectivity index (χ2n) is 4.30. The average molecular weight is 300 g/mol. The highest BCUT2D eigenvalue weighted by Gasteiger charge is 2.36. The Morgan fingerprint density at radius 3 is 2.80 bits per heavy atom. The zero-order valence-corrected chi connectivity index (χ0v) is 11.1. The SMILES string of the molecule is C[C@@H]1C[C@@H](OC(=O)c2cc(Cl)ccc2[N+](=O)[O-])C(=O)O1. The monoisotopic (exact) mass is 299 g/mol. The van der Waals surface area contributed by atoms with Gasteiger partial charge in [-0.1, -0.05) is 11.6 Å². The van der Waals surface area contributed by atoms with Crippen LogP contribution in [0.25, 0.3) is 0 Å². The molecule has 1 aliphatic rings. The maximum Gasteiger partial charge on any atom is 0.347 e. The molecule has 0 aromatic heterocycles. The van der Waals surface area contributed by atoms with Crippen LogP contribution in [0.4, 0.5) is 5.69 Å². The van der Waals surface area contributed by atoms with Gasteiger partial charge in [0.2, 0.25) is 6.10 Å². The minimum Gasteiger partial charge on any atom is -0.460 e. The Balaban J connectivity index is 2.23. The zero-order valence-electron chi connectivity index (χ0n) is 10.4. The van der Waals surface area contributed by atoms with Crippen molar-refractivity contribution in [1.82, 2.24) is 0 Å². The van der Waals surface area contributed by atoms with E-state index >= 15 is 0 Å². The lowest BCUT2D eigenvalue weighted by atomic mass is 10.1. The summed E-state index contributed by atoms with van der Waals surface area (Å²) in [6.07, 6.45) is -1.18. The third-order valence-corrected chi connectivity index (χ3v) is 2.99. The average Bonchev–Trinajstić information content (AvgIpc) is 2.67. The number of ether oxygens (including phenoxy) is 2.